The third-order valence-electron chi connectivity index (χ3n) is 5.93. The fourth-order valence-electron chi connectivity index (χ4n) is 4.27. The lowest BCUT2D eigenvalue weighted by molar-refractivity contribution is 0.111. The van der Waals surface area contributed by atoms with Gasteiger partial charge in [0.05, 0.1) is 47.9 Å². The smallest absolute Gasteiger partial charge is 0.168 e. The summed E-state index contributed by atoms with van der Waals surface area (Å²) >= 11 is 0. The van der Waals surface area contributed by atoms with Crippen LogP contribution in [0.3, 0.4) is 0 Å². The van der Waals surface area contributed by atoms with Crippen molar-refractivity contribution in [1.82, 2.24) is 19.9 Å². The van der Waals surface area contributed by atoms with E-state index in [9.17, 15) is 13.6 Å². The monoisotopic (exact) mass is 527 g/mol. The molecule has 0 aliphatic rings. The molecule has 0 unspecified atom stereocenters. The van der Waals surface area contributed by atoms with Crippen LogP contribution in [0.15, 0.2) is 66.1 Å². The Morgan fingerprint density at radius 2 is 1.26 bits per heavy atom. The molecule has 4 heterocycles. The molecule has 6 rings (SSSR count). The van der Waals surface area contributed by atoms with Crippen LogP contribution < -0.4 is 9.47 Å². The van der Waals surface area contributed by atoms with Crippen molar-refractivity contribution in [3.63, 3.8) is 0 Å². The molecule has 0 amide bonds. The van der Waals surface area contributed by atoms with Crippen molar-refractivity contribution in [3.05, 3.63) is 83.9 Å². The highest BCUT2D eigenvalue weighted by Crippen LogP contribution is 2.33. The lowest BCUT2D eigenvalue weighted by atomic mass is 10.1. The molecule has 194 valence electrons. The van der Waals surface area contributed by atoms with Crippen molar-refractivity contribution < 1.29 is 28.3 Å². The summed E-state index contributed by atoms with van der Waals surface area (Å²) in [6.07, 6.45) is 4.96. The highest BCUT2D eigenvalue weighted by Gasteiger charge is 2.16. The van der Waals surface area contributed by atoms with Gasteiger partial charge < -0.3 is 14.7 Å². The van der Waals surface area contributed by atoms with Crippen molar-refractivity contribution in [3.8, 4) is 11.5 Å². The van der Waals surface area contributed by atoms with Crippen molar-refractivity contribution in [2.45, 2.75) is 0 Å². The Bertz CT molecular complexity index is 1910. The Hall–Kier alpha value is -5.32. The summed E-state index contributed by atoms with van der Waals surface area (Å²) in [6, 6.07) is 12.6. The number of aldehydes is 1. The number of halogens is 2. The predicted molar refractivity (Wildman–Crippen MR) is 142 cm³/mol. The molecule has 0 fully saturated rings. The van der Waals surface area contributed by atoms with E-state index in [2.05, 4.69) is 25.1 Å². The molecule has 9 nitrogen and oxygen atoms in total. The number of rotatable bonds is 4. The van der Waals surface area contributed by atoms with Crippen LogP contribution in [0.25, 0.3) is 43.6 Å². The van der Waals surface area contributed by atoms with E-state index in [4.69, 9.17) is 14.7 Å². The third-order valence-corrected chi connectivity index (χ3v) is 5.93. The Morgan fingerprint density at radius 3 is 1.72 bits per heavy atom. The van der Waals surface area contributed by atoms with Crippen molar-refractivity contribution >= 4 is 56.1 Å². The summed E-state index contributed by atoms with van der Waals surface area (Å²) in [7, 11) is 2.86. The largest absolute Gasteiger partial charge is 0.496 e. The second kappa shape index (κ2) is 10.6. The molecular weight excluding hydrogens is 508 g/mol. The minimum Gasteiger partial charge on any atom is -0.496 e. The highest BCUT2D eigenvalue weighted by molar-refractivity contribution is 6.07. The summed E-state index contributed by atoms with van der Waals surface area (Å²) < 4.78 is 38.7. The molecule has 11 heteroatoms. The maximum atomic E-state index is 14.3. The van der Waals surface area contributed by atoms with Gasteiger partial charge in [0, 0.05) is 35.3 Å². The van der Waals surface area contributed by atoms with Gasteiger partial charge in [-0.3, -0.25) is 14.8 Å². The van der Waals surface area contributed by atoms with Gasteiger partial charge in [0.25, 0.3) is 0 Å². The fraction of sp³-hybridized carbons (Fsp3) is 0.0714. The summed E-state index contributed by atoms with van der Waals surface area (Å²) in [4.78, 5) is 27.8. The van der Waals surface area contributed by atoms with Crippen LogP contribution in [0.4, 0.5) is 8.78 Å². The van der Waals surface area contributed by atoms with Crippen molar-refractivity contribution in [2.75, 3.05) is 14.2 Å². The number of hydrogen-bond donors (Lipinski definition) is 1. The van der Waals surface area contributed by atoms with Gasteiger partial charge in [0.15, 0.2) is 6.29 Å². The van der Waals surface area contributed by atoms with E-state index in [0.29, 0.717) is 50.6 Å². The molecular formula is C28H19F2N5O4. The summed E-state index contributed by atoms with van der Waals surface area (Å²) in [5, 5.41) is 13.3. The number of carbonyl (C=O) groups excluding carboxylic acids is 1. The maximum absolute atomic E-state index is 14.3. The lowest BCUT2D eigenvalue weighted by Gasteiger charge is -2.09. The number of oxime groups is 1. The molecule has 0 spiro atoms. The van der Waals surface area contributed by atoms with E-state index in [1.807, 2.05) is 0 Å². The van der Waals surface area contributed by atoms with Crippen LogP contribution in [0.2, 0.25) is 0 Å². The zero-order valence-corrected chi connectivity index (χ0v) is 20.6. The number of carbonyl (C=O) groups is 1. The lowest BCUT2D eigenvalue weighted by Crippen LogP contribution is -1.97. The van der Waals surface area contributed by atoms with Crippen LogP contribution in [-0.2, 0) is 0 Å². The Kier molecular flexibility index (Phi) is 6.87. The van der Waals surface area contributed by atoms with E-state index >= 15 is 0 Å². The van der Waals surface area contributed by atoms with Crippen LogP contribution >= 0.6 is 0 Å². The molecule has 0 radical (unpaired) electrons. The molecule has 1 N–H and O–H groups in total. The number of ether oxygens (including phenoxy) is 2. The van der Waals surface area contributed by atoms with Crippen LogP contribution in [0, 0.1) is 11.6 Å². The first-order chi connectivity index (χ1) is 19.0. The topological polar surface area (TPSA) is 120 Å². The minimum atomic E-state index is -0.447. The van der Waals surface area contributed by atoms with Crippen LogP contribution in [-0.4, -0.2) is 51.9 Å². The number of methoxy groups -OCH3 is 2. The highest BCUT2D eigenvalue weighted by atomic mass is 19.1. The van der Waals surface area contributed by atoms with E-state index in [1.54, 1.807) is 36.7 Å². The van der Waals surface area contributed by atoms with Gasteiger partial charge in [-0.05, 0) is 24.3 Å². The van der Waals surface area contributed by atoms with Crippen molar-refractivity contribution in [2.24, 2.45) is 5.16 Å². The average molecular weight is 527 g/mol. The first-order valence-electron chi connectivity index (χ1n) is 11.5. The maximum Gasteiger partial charge on any atom is 0.168 e. The zero-order valence-electron chi connectivity index (χ0n) is 20.6. The third kappa shape index (κ3) is 4.61. The Labute approximate surface area is 219 Å². The first kappa shape index (κ1) is 25.3. The molecule has 39 heavy (non-hydrogen) atoms. The molecule has 6 aromatic rings. The number of aromatic nitrogens is 4. The minimum absolute atomic E-state index is 0.182. The number of benzene rings is 2. The SMILES string of the molecule is COc1cc(/C=N/O)nc2c1c(F)cc1cccnc12.COc1cc(C=O)nc2c1c(F)cc1cccnc12. The molecule has 0 aliphatic heterocycles. The van der Waals surface area contributed by atoms with Gasteiger partial charge >= 0.3 is 0 Å². The van der Waals surface area contributed by atoms with Gasteiger partial charge in [-0.2, -0.15) is 0 Å². The quantitative estimate of drug-likeness (QED) is 0.105. The first-order valence-corrected chi connectivity index (χ1v) is 11.5. The number of nitrogens with zero attached hydrogens (tertiary/aromatic N) is 5. The number of fused-ring (bicyclic) bond motifs is 6. The molecule has 0 saturated heterocycles. The zero-order chi connectivity index (χ0) is 27.5. The van der Waals surface area contributed by atoms with E-state index < -0.39 is 11.6 Å². The average Bonchev–Trinajstić information content (AvgIpc) is 2.96. The van der Waals surface area contributed by atoms with Gasteiger partial charge in [-0.1, -0.05) is 17.3 Å². The number of hydrogen-bond acceptors (Lipinski definition) is 9. The van der Waals surface area contributed by atoms with Crippen LogP contribution in [0.5, 0.6) is 11.5 Å². The van der Waals surface area contributed by atoms with Crippen molar-refractivity contribution in [1.29, 1.82) is 0 Å². The molecule has 0 bridgehead atoms. The molecule has 0 saturated carbocycles. The summed E-state index contributed by atoms with van der Waals surface area (Å²) in [5.41, 5.74) is 2.35. The molecule has 0 atom stereocenters. The standard InChI is InChI=1S/C14H10FN3O2.C14H9FN2O2/c1-20-11-6-9(7-17-19)18-14-12(11)10(15)5-8-3-2-4-16-13(8)14;1-19-11-6-9(7-18)17-14-12(11)10(15)5-8-3-2-4-16-13(8)14/h2-7,19H,1H3;2-7H,1H3/b17-7+;. The molecule has 2 aromatic carbocycles. The van der Waals surface area contributed by atoms with Gasteiger partial charge in [-0.15, -0.1) is 0 Å². The van der Waals surface area contributed by atoms with E-state index in [0.717, 1.165) is 6.21 Å². The second-order valence-electron chi connectivity index (χ2n) is 8.18. The second-order valence-corrected chi connectivity index (χ2v) is 8.18. The number of pyridine rings is 4. The van der Waals surface area contributed by atoms with Gasteiger partial charge in [-0.25, -0.2) is 18.7 Å². The van der Waals surface area contributed by atoms with E-state index in [-0.39, 0.29) is 22.2 Å². The normalized spacial score (nSPS) is 11.2. The molecule has 0 aliphatic carbocycles. The van der Waals surface area contributed by atoms with Crippen LogP contribution in [0.1, 0.15) is 16.2 Å². The summed E-state index contributed by atoms with van der Waals surface area (Å²) in [6.45, 7) is 0. The fourth-order valence-corrected chi connectivity index (χ4v) is 4.27. The van der Waals surface area contributed by atoms with Gasteiger partial charge in [0.1, 0.15) is 39.9 Å². The van der Waals surface area contributed by atoms with Gasteiger partial charge in [0.2, 0.25) is 0 Å². The molecule has 4 aromatic heterocycles. The predicted octanol–water partition coefficient (Wildman–Crippen LogP) is 5.48. The summed E-state index contributed by atoms with van der Waals surface area (Å²) in [5.74, 6) is -0.290. The van der Waals surface area contributed by atoms with E-state index in [1.165, 1.54) is 38.5 Å². The Morgan fingerprint density at radius 1 is 0.769 bits per heavy atom. The Balaban J connectivity index is 0.000000158.